The molecule has 0 spiro atoms. The molecule has 1 heterocycles. The number of nitrogens with one attached hydrogen (secondary N) is 1. The molecule has 0 bridgehead atoms. The lowest BCUT2D eigenvalue weighted by Crippen LogP contribution is -2.48. The van der Waals surface area contributed by atoms with Gasteiger partial charge in [0.25, 0.3) is 5.91 Å². The van der Waals surface area contributed by atoms with Crippen LogP contribution in [0.15, 0.2) is 59.5 Å². The number of rotatable bonds is 8. The van der Waals surface area contributed by atoms with Crippen LogP contribution < -0.4 is 4.72 Å². The number of carbonyl (C=O) groups is 2. The van der Waals surface area contributed by atoms with Crippen LogP contribution >= 0.6 is 11.6 Å². The largest absolute Gasteiger partial charge is 0.446 e. The number of nitrogens with zero attached hydrogens (tertiary/aromatic N) is 1. The lowest BCUT2D eigenvalue weighted by molar-refractivity contribution is -0.164. The lowest BCUT2D eigenvalue weighted by atomic mass is 10.0. The number of amides is 1. The Morgan fingerprint density at radius 2 is 1.64 bits per heavy atom. The van der Waals surface area contributed by atoms with Crippen molar-refractivity contribution in [3.63, 3.8) is 0 Å². The Morgan fingerprint density at radius 1 is 1.03 bits per heavy atom. The molecule has 1 saturated heterocycles. The number of sulfonamides is 1. The highest BCUT2D eigenvalue weighted by atomic mass is 35.5. The van der Waals surface area contributed by atoms with Gasteiger partial charge in [0, 0.05) is 23.7 Å². The average molecular weight is 495 g/mol. The molecule has 2 aromatic carbocycles. The Hall–Kier alpha value is -2.46. The van der Waals surface area contributed by atoms with Crippen LogP contribution in [0.4, 0.5) is 0 Å². The molecule has 0 saturated carbocycles. The van der Waals surface area contributed by atoms with Gasteiger partial charge in [-0.25, -0.2) is 8.42 Å². The van der Waals surface area contributed by atoms with Crippen LogP contribution in [0, 0.1) is 5.92 Å². The first kappa shape index (κ1) is 25.2. The molecule has 33 heavy (non-hydrogen) atoms. The maximum Gasteiger partial charge on any atom is 0.325 e. The van der Waals surface area contributed by atoms with E-state index in [4.69, 9.17) is 21.1 Å². The second-order valence-electron chi connectivity index (χ2n) is 7.96. The van der Waals surface area contributed by atoms with E-state index in [-0.39, 0.29) is 10.8 Å². The summed E-state index contributed by atoms with van der Waals surface area (Å²) < 4.78 is 39.1. The summed E-state index contributed by atoms with van der Waals surface area (Å²) in [4.78, 5) is 27.9. The molecule has 1 amide bonds. The first-order chi connectivity index (χ1) is 15.7. The summed E-state index contributed by atoms with van der Waals surface area (Å²) in [5.74, 6) is -1.64. The molecule has 0 aromatic heterocycles. The van der Waals surface area contributed by atoms with E-state index in [1.165, 1.54) is 24.3 Å². The summed E-state index contributed by atoms with van der Waals surface area (Å²) in [5.41, 5.74) is 0.505. The van der Waals surface area contributed by atoms with E-state index < -0.39 is 34.1 Å². The summed E-state index contributed by atoms with van der Waals surface area (Å²) in [6.45, 7) is 4.95. The molecule has 0 radical (unpaired) electrons. The SMILES string of the molecule is CC(C)[C@@H](NS(=O)(=O)c1ccc(Cl)cc1)C(=O)O[C@@H](C(=O)N1CCOCC1)c1ccccc1. The average Bonchev–Trinajstić information content (AvgIpc) is 2.81. The Bertz CT molecular complexity index is 1050. The molecule has 0 unspecified atom stereocenters. The van der Waals surface area contributed by atoms with Gasteiger partial charge in [0.15, 0.2) is 0 Å². The second kappa shape index (κ2) is 11.1. The van der Waals surface area contributed by atoms with Crippen molar-refractivity contribution in [2.45, 2.75) is 30.9 Å². The zero-order chi connectivity index (χ0) is 24.0. The fourth-order valence-corrected chi connectivity index (χ4v) is 4.79. The molecular weight excluding hydrogens is 468 g/mol. The van der Waals surface area contributed by atoms with Crippen molar-refractivity contribution in [2.24, 2.45) is 5.92 Å². The van der Waals surface area contributed by atoms with Crippen molar-refractivity contribution in [3.05, 3.63) is 65.2 Å². The standard InChI is InChI=1S/C23H27ClN2O6S/c1-16(2)20(25-33(29,30)19-10-8-18(24)9-11-19)23(28)32-21(17-6-4-3-5-7-17)22(27)26-12-14-31-15-13-26/h3-11,16,20-21,25H,12-15H2,1-2H3/t20-,21-/m1/s1. The van der Waals surface area contributed by atoms with E-state index in [9.17, 15) is 18.0 Å². The first-order valence-electron chi connectivity index (χ1n) is 10.6. The van der Waals surface area contributed by atoms with Crippen LogP contribution in [0.25, 0.3) is 0 Å². The van der Waals surface area contributed by atoms with Gasteiger partial charge in [0.05, 0.1) is 18.1 Å². The van der Waals surface area contributed by atoms with E-state index in [0.717, 1.165) is 0 Å². The molecule has 1 aliphatic rings. The fraction of sp³-hybridized carbons (Fsp3) is 0.391. The topological polar surface area (TPSA) is 102 Å². The highest BCUT2D eigenvalue weighted by Gasteiger charge is 2.35. The van der Waals surface area contributed by atoms with Crippen LogP contribution in [0.3, 0.4) is 0 Å². The maximum absolute atomic E-state index is 13.2. The quantitative estimate of drug-likeness (QED) is 0.566. The second-order valence-corrected chi connectivity index (χ2v) is 10.1. The monoisotopic (exact) mass is 494 g/mol. The van der Waals surface area contributed by atoms with E-state index >= 15 is 0 Å². The Labute approximate surface area is 198 Å². The molecule has 0 aliphatic carbocycles. The van der Waals surface area contributed by atoms with Gasteiger partial charge < -0.3 is 14.4 Å². The van der Waals surface area contributed by atoms with Gasteiger partial charge in [-0.05, 0) is 30.2 Å². The normalized spacial score (nSPS) is 16.3. The van der Waals surface area contributed by atoms with Gasteiger partial charge in [-0.2, -0.15) is 4.72 Å². The number of esters is 1. The van der Waals surface area contributed by atoms with E-state index in [1.807, 2.05) is 0 Å². The van der Waals surface area contributed by atoms with E-state index in [0.29, 0.717) is 36.9 Å². The number of carbonyl (C=O) groups excluding carboxylic acids is 2. The van der Waals surface area contributed by atoms with Gasteiger partial charge in [-0.3, -0.25) is 9.59 Å². The van der Waals surface area contributed by atoms with Crippen molar-refractivity contribution in [1.82, 2.24) is 9.62 Å². The molecule has 10 heteroatoms. The van der Waals surface area contributed by atoms with Crippen molar-refractivity contribution in [2.75, 3.05) is 26.3 Å². The van der Waals surface area contributed by atoms with Crippen LogP contribution in [0.5, 0.6) is 0 Å². The number of ether oxygens (including phenoxy) is 2. The van der Waals surface area contributed by atoms with Gasteiger partial charge in [0.1, 0.15) is 6.04 Å². The third kappa shape index (κ3) is 6.54. The predicted octanol–water partition coefficient (Wildman–Crippen LogP) is 2.79. The smallest absolute Gasteiger partial charge is 0.325 e. The van der Waals surface area contributed by atoms with Gasteiger partial charge >= 0.3 is 5.97 Å². The third-order valence-corrected chi connectivity index (χ3v) is 6.92. The molecule has 1 fully saturated rings. The van der Waals surface area contributed by atoms with Gasteiger partial charge in [0.2, 0.25) is 16.1 Å². The van der Waals surface area contributed by atoms with Gasteiger partial charge in [-0.15, -0.1) is 0 Å². The highest BCUT2D eigenvalue weighted by molar-refractivity contribution is 7.89. The fourth-order valence-electron chi connectivity index (χ4n) is 3.33. The van der Waals surface area contributed by atoms with Crippen molar-refractivity contribution < 1.29 is 27.5 Å². The Balaban J connectivity index is 1.83. The summed E-state index contributed by atoms with van der Waals surface area (Å²) in [5, 5.41) is 0.390. The Morgan fingerprint density at radius 3 is 2.21 bits per heavy atom. The summed E-state index contributed by atoms with van der Waals surface area (Å²) in [7, 11) is -4.03. The highest BCUT2D eigenvalue weighted by Crippen LogP contribution is 2.23. The van der Waals surface area contributed by atoms with Crippen LogP contribution in [0.2, 0.25) is 5.02 Å². The molecule has 1 N–H and O–H groups in total. The minimum absolute atomic E-state index is 0.0330. The third-order valence-electron chi connectivity index (χ3n) is 5.21. The molecule has 8 nitrogen and oxygen atoms in total. The molecule has 1 aliphatic heterocycles. The van der Waals surface area contributed by atoms with E-state index in [2.05, 4.69) is 4.72 Å². The molecular formula is C23H27ClN2O6S. The number of benzene rings is 2. The van der Waals surface area contributed by atoms with Gasteiger partial charge in [-0.1, -0.05) is 55.8 Å². The number of halogens is 1. The zero-order valence-corrected chi connectivity index (χ0v) is 20.0. The summed E-state index contributed by atoms with van der Waals surface area (Å²) in [6.07, 6.45) is -1.20. The number of hydrogen-bond donors (Lipinski definition) is 1. The zero-order valence-electron chi connectivity index (χ0n) is 18.4. The number of hydrogen-bond acceptors (Lipinski definition) is 6. The van der Waals surface area contributed by atoms with Crippen molar-refractivity contribution in [3.8, 4) is 0 Å². The Kier molecular flexibility index (Phi) is 8.47. The molecule has 2 atom stereocenters. The van der Waals surface area contributed by atoms with E-state index in [1.54, 1.807) is 49.1 Å². The predicted molar refractivity (Wildman–Crippen MR) is 123 cm³/mol. The maximum atomic E-state index is 13.2. The minimum Gasteiger partial charge on any atom is -0.446 e. The first-order valence-corrected chi connectivity index (χ1v) is 12.4. The van der Waals surface area contributed by atoms with Crippen molar-refractivity contribution >= 4 is 33.5 Å². The molecule has 3 rings (SSSR count). The lowest BCUT2D eigenvalue weighted by Gasteiger charge is -2.31. The molecule has 178 valence electrons. The molecule has 2 aromatic rings. The van der Waals surface area contributed by atoms with Crippen molar-refractivity contribution in [1.29, 1.82) is 0 Å². The van der Waals surface area contributed by atoms with Crippen LogP contribution in [-0.4, -0.2) is 57.5 Å². The summed E-state index contributed by atoms with van der Waals surface area (Å²) in [6, 6.07) is 13.1. The minimum atomic E-state index is -4.03. The number of morpholine rings is 1. The van der Waals surface area contributed by atoms with Crippen LogP contribution in [-0.2, 0) is 29.1 Å². The van der Waals surface area contributed by atoms with Crippen LogP contribution in [0.1, 0.15) is 25.5 Å². The summed E-state index contributed by atoms with van der Waals surface area (Å²) >= 11 is 5.84.